The molecule has 0 spiro atoms. The normalized spacial score (nSPS) is 30.7. The van der Waals surface area contributed by atoms with Crippen molar-refractivity contribution in [2.75, 3.05) is 19.6 Å². The smallest absolute Gasteiger partial charge is 0.0246 e. The molecule has 0 aromatic heterocycles. The SMILES string of the molecule is CC1CCCN(C(CN)C2CCCCCC2)CC1. The quantitative estimate of drug-likeness (QED) is 0.780. The van der Waals surface area contributed by atoms with Crippen molar-refractivity contribution in [2.24, 2.45) is 17.6 Å². The van der Waals surface area contributed by atoms with Crippen molar-refractivity contribution in [3.05, 3.63) is 0 Å². The maximum Gasteiger partial charge on any atom is 0.0246 e. The zero-order valence-corrected chi connectivity index (χ0v) is 12.2. The average Bonchev–Trinajstić information content (AvgIpc) is 2.74. The van der Waals surface area contributed by atoms with Gasteiger partial charge in [-0.05, 0) is 57.0 Å². The molecule has 1 saturated carbocycles. The van der Waals surface area contributed by atoms with Crippen LogP contribution in [0.2, 0.25) is 0 Å². The zero-order chi connectivity index (χ0) is 12.8. The van der Waals surface area contributed by atoms with Gasteiger partial charge in [0.2, 0.25) is 0 Å². The summed E-state index contributed by atoms with van der Waals surface area (Å²) in [5.41, 5.74) is 6.13. The van der Waals surface area contributed by atoms with Crippen molar-refractivity contribution < 1.29 is 0 Å². The first-order chi connectivity index (χ1) is 8.81. The van der Waals surface area contributed by atoms with Crippen LogP contribution in [0.25, 0.3) is 0 Å². The Balaban J connectivity index is 1.93. The molecule has 1 aliphatic carbocycles. The van der Waals surface area contributed by atoms with Gasteiger partial charge in [0.15, 0.2) is 0 Å². The molecule has 2 atom stereocenters. The van der Waals surface area contributed by atoms with Crippen LogP contribution >= 0.6 is 0 Å². The summed E-state index contributed by atoms with van der Waals surface area (Å²) in [7, 11) is 0. The molecule has 2 nitrogen and oxygen atoms in total. The summed E-state index contributed by atoms with van der Waals surface area (Å²) in [5, 5.41) is 0. The lowest BCUT2D eigenvalue weighted by Crippen LogP contribution is -2.46. The Morgan fingerprint density at radius 2 is 1.67 bits per heavy atom. The second kappa shape index (κ2) is 7.49. The van der Waals surface area contributed by atoms with Crippen LogP contribution in [0.5, 0.6) is 0 Å². The van der Waals surface area contributed by atoms with Gasteiger partial charge in [0.1, 0.15) is 0 Å². The number of likely N-dealkylation sites (tertiary alicyclic amines) is 1. The third kappa shape index (κ3) is 3.96. The van der Waals surface area contributed by atoms with Crippen LogP contribution in [-0.2, 0) is 0 Å². The molecule has 0 bridgehead atoms. The van der Waals surface area contributed by atoms with Gasteiger partial charge in [-0.15, -0.1) is 0 Å². The van der Waals surface area contributed by atoms with Gasteiger partial charge in [-0.1, -0.05) is 32.6 Å². The average molecular weight is 252 g/mol. The number of hydrogen-bond acceptors (Lipinski definition) is 2. The van der Waals surface area contributed by atoms with E-state index in [1.54, 1.807) is 0 Å². The molecule has 2 aliphatic rings. The molecular weight excluding hydrogens is 220 g/mol. The third-order valence-corrected chi connectivity index (χ3v) is 5.21. The molecule has 2 N–H and O–H groups in total. The minimum atomic E-state index is 0.674. The van der Waals surface area contributed by atoms with Gasteiger partial charge in [-0.3, -0.25) is 4.90 Å². The minimum Gasteiger partial charge on any atom is -0.329 e. The molecule has 2 unspecified atom stereocenters. The fourth-order valence-electron chi connectivity index (χ4n) is 3.95. The Bertz CT molecular complexity index is 221. The molecule has 0 radical (unpaired) electrons. The van der Waals surface area contributed by atoms with E-state index < -0.39 is 0 Å². The molecule has 0 aromatic carbocycles. The highest BCUT2D eigenvalue weighted by Crippen LogP contribution is 2.29. The van der Waals surface area contributed by atoms with Crippen molar-refractivity contribution in [1.29, 1.82) is 0 Å². The predicted molar refractivity (Wildman–Crippen MR) is 78.6 cm³/mol. The Labute approximate surface area is 113 Å². The third-order valence-electron chi connectivity index (χ3n) is 5.21. The highest BCUT2D eigenvalue weighted by Gasteiger charge is 2.28. The van der Waals surface area contributed by atoms with Gasteiger partial charge in [-0.2, -0.15) is 0 Å². The van der Waals surface area contributed by atoms with E-state index in [1.807, 2.05) is 0 Å². The van der Waals surface area contributed by atoms with E-state index in [2.05, 4.69) is 11.8 Å². The van der Waals surface area contributed by atoms with Crippen molar-refractivity contribution in [2.45, 2.75) is 70.8 Å². The fraction of sp³-hybridized carbons (Fsp3) is 1.00. The lowest BCUT2D eigenvalue weighted by molar-refractivity contribution is 0.139. The molecule has 2 rings (SSSR count). The summed E-state index contributed by atoms with van der Waals surface area (Å²) >= 11 is 0. The minimum absolute atomic E-state index is 0.674. The van der Waals surface area contributed by atoms with E-state index in [0.717, 1.165) is 18.4 Å². The second-order valence-electron chi connectivity index (χ2n) is 6.63. The van der Waals surface area contributed by atoms with Gasteiger partial charge in [0.05, 0.1) is 0 Å². The van der Waals surface area contributed by atoms with Crippen LogP contribution < -0.4 is 5.73 Å². The van der Waals surface area contributed by atoms with Crippen LogP contribution in [0.4, 0.5) is 0 Å². The predicted octanol–water partition coefficient (Wildman–Crippen LogP) is 3.41. The van der Waals surface area contributed by atoms with Crippen LogP contribution in [-0.4, -0.2) is 30.6 Å². The Kier molecular flexibility index (Phi) is 5.97. The number of nitrogens with zero attached hydrogens (tertiary/aromatic N) is 1. The number of nitrogens with two attached hydrogens (primary N) is 1. The van der Waals surface area contributed by atoms with Crippen molar-refractivity contribution in [3.63, 3.8) is 0 Å². The summed E-state index contributed by atoms with van der Waals surface area (Å²) in [6.45, 7) is 5.87. The van der Waals surface area contributed by atoms with E-state index in [9.17, 15) is 0 Å². The van der Waals surface area contributed by atoms with Gasteiger partial charge < -0.3 is 5.73 Å². The fourth-order valence-corrected chi connectivity index (χ4v) is 3.95. The Morgan fingerprint density at radius 3 is 2.33 bits per heavy atom. The maximum absolute atomic E-state index is 6.13. The van der Waals surface area contributed by atoms with Crippen LogP contribution in [0.15, 0.2) is 0 Å². The summed E-state index contributed by atoms with van der Waals surface area (Å²) in [6, 6.07) is 0.674. The molecule has 106 valence electrons. The van der Waals surface area contributed by atoms with Crippen LogP contribution in [0.1, 0.15) is 64.7 Å². The van der Waals surface area contributed by atoms with E-state index in [-0.39, 0.29) is 0 Å². The first-order valence-electron chi connectivity index (χ1n) is 8.25. The number of hydrogen-bond donors (Lipinski definition) is 1. The largest absolute Gasteiger partial charge is 0.329 e. The van der Waals surface area contributed by atoms with Crippen LogP contribution in [0.3, 0.4) is 0 Å². The lowest BCUT2D eigenvalue weighted by Gasteiger charge is -2.35. The van der Waals surface area contributed by atoms with E-state index in [1.165, 1.54) is 70.9 Å². The highest BCUT2D eigenvalue weighted by atomic mass is 15.2. The lowest BCUT2D eigenvalue weighted by atomic mass is 9.90. The Morgan fingerprint density at radius 1 is 0.944 bits per heavy atom. The molecule has 0 amide bonds. The first kappa shape index (κ1) is 14.3. The molecular formula is C16H32N2. The monoisotopic (exact) mass is 252 g/mol. The number of rotatable bonds is 3. The van der Waals surface area contributed by atoms with Gasteiger partial charge >= 0.3 is 0 Å². The van der Waals surface area contributed by atoms with Gasteiger partial charge in [0.25, 0.3) is 0 Å². The summed E-state index contributed by atoms with van der Waals surface area (Å²) in [6.07, 6.45) is 12.8. The highest BCUT2D eigenvalue weighted by molar-refractivity contribution is 4.83. The molecule has 0 aromatic rings. The summed E-state index contributed by atoms with van der Waals surface area (Å²) in [5.74, 6) is 1.80. The molecule has 1 heterocycles. The molecule has 2 heteroatoms. The van der Waals surface area contributed by atoms with Crippen LogP contribution in [0, 0.1) is 11.8 Å². The topological polar surface area (TPSA) is 29.3 Å². The maximum atomic E-state index is 6.13. The molecule has 18 heavy (non-hydrogen) atoms. The molecule has 1 saturated heterocycles. The van der Waals surface area contributed by atoms with E-state index in [0.29, 0.717) is 6.04 Å². The van der Waals surface area contributed by atoms with Gasteiger partial charge in [0, 0.05) is 12.6 Å². The van der Waals surface area contributed by atoms with Crippen molar-refractivity contribution >= 4 is 0 Å². The summed E-state index contributed by atoms with van der Waals surface area (Å²) < 4.78 is 0. The van der Waals surface area contributed by atoms with E-state index >= 15 is 0 Å². The molecule has 2 fully saturated rings. The summed E-state index contributed by atoms with van der Waals surface area (Å²) in [4.78, 5) is 2.74. The first-order valence-corrected chi connectivity index (χ1v) is 8.25. The zero-order valence-electron chi connectivity index (χ0n) is 12.2. The molecule has 1 aliphatic heterocycles. The second-order valence-corrected chi connectivity index (χ2v) is 6.63. The Hall–Kier alpha value is -0.0800. The van der Waals surface area contributed by atoms with Gasteiger partial charge in [-0.25, -0.2) is 0 Å². The standard InChI is InChI=1S/C16H32N2/c1-14-7-6-11-18(12-10-14)16(13-17)15-8-4-2-3-5-9-15/h14-16H,2-13,17H2,1H3. The van der Waals surface area contributed by atoms with E-state index in [4.69, 9.17) is 5.73 Å². The van der Waals surface area contributed by atoms with Crippen molar-refractivity contribution in [3.8, 4) is 0 Å². The van der Waals surface area contributed by atoms with Crippen molar-refractivity contribution in [1.82, 2.24) is 4.90 Å².